The Bertz CT molecular complexity index is 1180. The first-order valence-electron chi connectivity index (χ1n) is 13.5. The zero-order valence-corrected chi connectivity index (χ0v) is 23.5. The molecule has 0 aromatic heterocycles. The summed E-state index contributed by atoms with van der Waals surface area (Å²) in [5.41, 5.74) is 2.14. The van der Waals surface area contributed by atoms with Crippen LogP contribution >= 0.6 is 0 Å². The van der Waals surface area contributed by atoms with Gasteiger partial charge in [0.2, 0.25) is 21.8 Å². The van der Waals surface area contributed by atoms with Gasteiger partial charge < -0.3 is 10.2 Å². The van der Waals surface area contributed by atoms with E-state index in [2.05, 4.69) is 5.32 Å². The fourth-order valence-corrected chi connectivity index (χ4v) is 6.10. The lowest BCUT2D eigenvalue weighted by Crippen LogP contribution is -2.51. The summed E-state index contributed by atoms with van der Waals surface area (Å²) in [6, 6.07) is 12.6. The smallest absolute Gasteiger partial charge is 0.243 e. The normalized spacial score (nSPS) is 15.1. The third-order valence-corrected chi connectivity index (χ3v) is 8.32. The van der Waals surface area contributed by atoms with Crippen LogP contribution in [0.3, 0.4) is 0 Å². The minimum absolute atomic E-state index is 0.0757. The van der Waals surface area contributed by atoms with E-state index >= 15 is 0 Å². The van der Waals surface area contributed by atoms with Crippen LogP contribution in [0.15, 0.2) is 48.5 Å². The van der Waals surface area contributed by atoms with Gasteiger partial charge in [-0.25, -0.2) is 12.8 Å². The molecule has 0 aliphatic heterocycles. The molecule has 0 bridgehead atoms. The number of amides is 2. The second kappa shape index (κ2) is 13.7. The molecular formula is C29H40FN3O4S. The molecular weight excluding hydrogens is 505 g/mol. The lowest BCUT2D eigenvalue weighted by molar-refractivity contribution is -0.141. The van der Waals surface area contributed by atoms with Crippen LogP contribution in [-0.2, 0) is 26.2 Å². The number of aryl methyl sites for hydroxylation is 1. The number of benzene rings is 2. The van der Waals surface area contributed by atoms with Gasteiger partial charge in [0.1, 0.15) is 11.9 Å². The molecule has 7 nitrogen and oxygen atoms in total. The molecule has 38 heavy (non-hydrogen) atoms. The maximum atomic E-state index is 13.6. The summed E-state index contributed by atoms with van der Waals surface area (Å²) in [5.74, 6) is -0.781. The molecule has 2 aromatic carbocycles. The molecule has 2 amide bonds. The van der Waals surface area contributed by atoms with Gasteiger partial charge in [-0.2, -0.15) is 0 Å². The summed E-state index contributed by atoms with van der Waals surface area (Å²) in [7, 11) is -3.55. The first-order chi connectivity index (χ1) is 18.1. The monoisotopic (exact) mass is 545 g/mol. The minimum atomic E-state index is -3.55. The SMILES string of the molecule is CC[C@@H](C(=O)NC1CCCCC1)N(Cc1ccc(F)cc1)C(=O)CCCN(c1ccccc1C)S(C)(=O)=O. The highest BCUT2D eigenvalue weighted by Gasteiger charge is 2.30. The fourth-order valence-electron chi connectivity index (χ4n) is 5.08. The molecule has 1 saturated carbocycles. The van der Waals surface area contributed by atoms with Gasteiger partial charge in [0.15, 0.2) is 0 Å². The van der Waals surface area contributed by atoms with Crippen molar-refractivity contribution >= 4 is 27.5 Å². The minimum Gasteiger partial charge on any atom is -0.352 e. The number of carbonyl (C=O) groups excluding carboxylic acids is 2. The Kier molecular flexibility index (Phi) is 10.7. The first kappa shape index (κ1) is 29.6. The van der Waals surface area contributed by atoms with Crippen LogP contribution < -0.4 is 9.62 Å². The Morgan fingerprint density at radius 3 is 2.32 bits per heavy atom. The molecule has 1 fully saturated rings. The van der Waals surface area contributed by atoms with Crippen molar-refractivity contribution in [2.45, 2.75) is 83.8 Å². The summed E-state index contributed by atoms with van der Waals surface area (Å²) in [6.07, 6.45) is 7.17. The molecule has 0 saturated heterocycles. The van der Waals surface area contributed by atoms with Crippen LogP contribution in [0.25, 0.3) is 0 Å². The van der Waals surface area contributed by atoms with Gasteiger partial charge in [-0.05, 0) is 61.9 Å². The number of hydrogen-bond donors (Lipinski definition) is 1. The van der Waals surface area contributed by atoms with Gasteiger partial charge >= 0.3 is 0 Å². The summed E-state index contributed by atoms with van der Waals surface area (Å²) < 4.78 is 39.9. The van der Waals surface area contributed by atoms with Crippen LogP contribution in [0.1, 0.15) is 69.4 Å². The maximum absolute atomic E-state index is 13.6. The van der Waals surface area contributed by atoms with Gasteiger partial charge in [0.05, 0.1) is 11.9 Å². The Morgan fingerprint density at radius 2 is 1.71 bits per heavy atom. The zero-order valence-electron chi connectivity index (χ0n) is 22.7. The first-order valence-corrected chi connectivity index (χ1v) is 15.3. The van der Waals surface area contributed by atoms with E-state index in [4.69, 9.17) is 0 Å². The van der Waals surface area contributed by atoms with Crippen molar-refractivity contribution in [3.05, 3.63) is 65.5 Å². The predicted octanol–water partition coefficient (Wildman–Crippen LogP) is 4.94. The number of rotatable bonds is 12. The van der Waals surface area contributed by atoms with Crippen molar-refractivity contribution in [2.75, 3.05) is 17.1 Å². The van der Waals surface area contributed by atoms with Gasteiger partial charge in [0.25, 0.3) is 0 Å². The molecule has 1 aliphatic rings. The molecule has 0 unspecified atom stereocenters. The van der Waals surface area contributed by atoms with Crippen molar-refractivity contribution in [1.29, 1.82) is 0 Å². The molecule has 2 aromatic rings. The van der Waals surface area contributed by atoms with Gasteiger partial charge in [-0.1, -0.05) is 56.5 Å². The Hall–Kier alpha value is -2.94. The molecule has 0 radical (unpaired) electrons. The molecule has 1 N–H and O–H groups in total. The molecule has 1 aliphatic carbocycles. The van der Waals surface area contributed by atoms with Crippen LogP contribution in [0, 0.1) is 12.7 Å². The summed E-state index contributed by atoms with van der Waals surface area (Å²) in [4.78, 5) is 28.4. The largest absolute Gasteiger partial charge is 0.352 e. The van der Waals surface area contributed by atoms with E-state index in [0.29, 0.717) is 18.5 Å². The summed E-state index contributed by atoms with van der Waals surface area (Å²) in [5, 5.41) is 3.14. The molecule has 9 heteroatoms. The van der Waals surface area contributed by atoms with E-state index < -0.39 is 16.1 Å². The molecule has 3 rings (SSSR count). The second-order valence-electron chi connectivity index (χ2n) is 10.1. The fraction of sp³-hybridized carbons (Fsp3) is 0.517. The lowest BCUT2D eigenvalue weighted by Gasteiger charge is -2.33. The van der Waals surface area contributed by atoms with E-state index in [1.165, 1.54) is 22.9 Å². The van der Waals surface area contributed by atoms with E-state index in [1.54, 1.807) is 29.2 Å². The zero-order chi connectivity index (χ0) is 27.7. The quantitative estimate of drug-likeness (QED) is 0.410. The highest BCUT2D eigenvalue weighted by molar-refractivity contribution is 7.92. The Balaban J connectivity index is 1.76. The molecule has 0 heterocycles. The number of hydrogen-bond acceptors (Lipinski definition) is 4. The topological polar surface area (TPSA) is 86.8 Å². The lowest BCUT2D eigenvalue weighted by atomic mass is 9.95. The van der Waals surface area contributed by atoms with E-state index in [1.807, 2.05) is 26.0 Å². The van der Waals surface area contributed by atoms with Gasteiger partial charge in [-0.3, -0.25) is 13.9 Å². The average molecular weight is 546 g/mol. The third-order valence-electron chi connectivity index (χ3n) is 7.14. The Morgan fingerprint density at radius 1 is 1.05 bits per heavy atom. The number of halogens is 1. The highest BCUT2D eigenvalue weighted by Crippen LogP contribution is 2.23. The number of nitrogens with zero attached hydrogens (tertiary/aromatic N) is 2. The van der Waals surface area contributed by atoms with Crippen LogP contribution in [0.2, 0.25) is 0 Å². The predicted molar refractivity (Wildman–Crippen MR) is 149 cm³/mol. The summed E-state index contributed by atoms with van der Waals surface area (Å²) >= 11 is 0. The van der Waals surface area contributed by atoms with Crippen molar-refractivity contribution in [3.8, 4) is 0 Å². The van der Waals surface area contributed by atoms with E-state index in [9.17, 15) is 22.4 Å². The highest BCUT2D eigenvalue weighted by atomic mass is 32.2. The van der Waals surface area contributed by atoms with Crippen LogP contribution in [0.5, 0.6) is 0 Å². The van der Waals surface area contributed by atoms with Gasteiger partial charge in [0, 0.05) is 25.6 Å². The Labute approximate surface area is 226 Å². The van der Waals surface area contributed by atoms with E-state index in [0.717, 1.165) is 43.1 Å². The number of anilines is 1. The van der Waals surface area contributed by atoms with Crippen molar-refractivity contribution < 1.29 is 22.4 Å². The standard InChI is InChI=1S/C29H40FN3O4S/c1-4-26(29(35)31-25-12-6-5-7-13-25)32(21-23-16-18-24(30)19-17-23)28(34)15-10-20-33(38(3,36)37)27-14-9-8-11-22(27)2/h8-9,11,14,16-19,25-26H,4-7,10,12-13,15,20-21H2,1-3H3,(H,31,35)/t26-/m0/s1. The van der Waals surface area contributed by atoms with Crippen LogP contribution in [0.4, 0.5) is 10.1 Å². The van der Waals surface area contributed by atoms with Crippen molar-refractivity contribution in [2.24, 2.45) is 0 Å². The molecule has 1 atom stereocenters. The van der Waals surface area contributed by atoms with Crippen molar-refractivity contribution in [3.63, 3.8) is 0 Å². The number of sulfonamides is 1. The number of nitrogens with one attached hydrogen (secondary N) is 1. The van der Waals surface area contributed by atoms with Crippen molar-refractivity contribution in [1.82, 2.24) is 10.2 Å². The van der Waals surface area contributed by atoms with E-state index in [-0.39, 0.29) is 43.2 Å². The summed E-state index contributed by atoms with van der Waals surface area (Å²) in [6.45, 7) is 4.04. The number of para-hydroxylation sites is 1. The van der Waals surface area contributed by atoms with Gasteiger partial charge in [-0.15, -0.1) is 0 Å². The maximum Gasteiger partial charge on any atom is 0.243 e. The van der Waals surface area contributed by atoms with Crippen LogP contribution in [-0.4, -0.2) is 50.0 Å². The molecule has 208 valence electrons. The second-order valence-corrected chi connectivity index (χ2v) is 12.0. The number of carbonyl (C=O) groups is 2. The average Bonchev–Trinajstić information content (AvgIpc) is 2.88. The third kappa shape index (κ3) is 8.28. The molecule has 0 spiro atoms.